The summed E-state index contributed by atoms with van der Waals surface area (Å²) < 4.78 is 11.2. The number of nitrogens with one attached hydrogen (secondary N) is 1. The van der Waals surface area contributed by atoms with Crippen molar-refractivity contribution < 1.29 is 19.1 Å². The van der Waals surface area contributed by atoms with Gasteiger partial charge >= 0.3 is 5.97 Å². The van der Waals surface area contributed by atoms with Crippen LogP contribution >= 0.6 is 0 Å². The zero-order chi connectivity index (χ0) is 19.5. The van der Waals surface area contributed by atoms with Gasteiger partial charge < -0.3 is 14.5 Å². The third-order valence-corrected chi connectivity index (χ3v) is 6.90. The molecule has 5 rings (SSSR count). The van der Waals surface area contributed by atoms with Crippen LogP contribution in [0.4, 0.5) is 0 Å². The first kappa shape index (κ1) is 17.6. The van der Waals surface area contributed by atoms with E-state index in [1.165, 1.54) is 7.11 Å². The fourth-order valence-corrected chi connectivity index (χ4v) is 5.58. The molecule has 2 aliphatic heterocycles. The molecule has 1 N–H and O–H groups in total. The molecule has 1 aromatic heterocycles. The summed E-state index contributed by atoms with van der Waals surface area (Å²) in [6, 6.07) is 7.94. The monoisotopic (exact) mass is 380 g/mol. The van der Waals surface area contributed by atoms with E-state index in [2.05, 4.69) is 16.0 Å². The fourth-order valence-electron chi connectivity index (χ4n) is 5.58. The summed E-state index contributed by atoms with van der Waals surface area (Å²) in [5.74, 6) is -0.433. The second kappa shape index (κ2) is 6.29. The van der Waals surface area contributed by atoms with Gasteiger partial charge in [-0.05, 0) is 25.0 Å². The Morgan fingerprint density at radius 3 is 2.96 bits per heavy atom. The number of carbonyl (C=O) groups excluding carboxylic acids is 2. The number of H-pyrrole nitrogens is 1. The highest BCUT2D eigenvalue weighted by Crippen LogP contribution is 2.51. The van der Waals surface area contributed by atoms with Gasteiger partial charge in [-0.1, -0.05) is 29.8 Å². The number of aromatic nitrogens is 1. The molecular formula is C22H24N2O4. The third-order valence-electron chi connectivity index (χ3n) is 6.90. The van der Waals surface area contributed by atoms with Crippen LogP contribution in [0.3, 0.4) is 0 Å². The minimum absolute atomic E-state index is 0.0521. The van der Waals surface area contributed by atoms with E-state index in [0.717, 1.165) is 28.6 Å². The number of ketones is 1. The van der Waals surface area contributed by atoms with Crippen LogP contribution in [0.1, 0.15) is 29.4 Å². The average Bonchev–Trinajstić information content (AvgIpc) is 3.07. The number of esters is 1. The van der Waals surface area contributed by atoms with Gasteiger partial charge in [-0.25, -0.2) is 0 Å². The van der Waals surface area contributed by atoms with Crippen molar-refractivity contribution in [3.8, 4) is 0 Å². The number of allylic oxidation sites excluding steroid dienone is 1. The largest absolute Gasteiger partial charge is 0.468 e. The molecule has 3 aliphatic rings. The van der Waals surface area contributed by atoms with Crippen LogP contribution in [0.25, 0.3) is 10.9 Å². The summed E-state index contributed by atoms with van der Waals surface area (Å²) in [6.45, 7) is 3.47. The Kier molecular flexibility index (Phi) is 3.96. The van der Waals surface area contributed by atoms with Gasteiger partial charge in [-0.3, -0.25) is 14.5 Å². The van der Waals surface area contributed by atoms with Gasteiger partial charge in [-0.2, -0.15) is 0 Å². The van der Waals surface area contributed by atoms with Crippen molar-refractivity contribution in [2.45, 2.75) is 25.8 Å². The van der Waals surface area contributed by atoms with Crippen molar-refractivity contribution >= 4 is 22.7 Å². The number of aromatic amines is 1. The molecule has 0 saturated carbocycles. The van der Waals surface area contributed by atoms with Crippen LogP contribution in [-0.4, -0.2) is 54.7 Å². The number of hydrogen-bond donors (Lipinski definition) is 1. The number of nitrogens with zero attached hydrogens (tertiary/aromatic N) is 1. The van der Waals surface area contributed by atoms with Crippen molar-refractivity contribution in [3.63, 3.8) is 0 Å². The second-order valence-electron chi connectivity index (χ2n) is 8.04. The lowest BCUT2D eigenvalue weighted by Crippen LogP contribution is -2.68. The number of benzene rings is 1. The summed E-state index contributed by atoms with van der Waals surface area (Å²) in [7, 11) is 1.43. The Hall–Kier alpha value is -2.44. The van der Waals surface area contributed by atoms with Gasteiger partial charge in [0.1, 0.15) is 5.41 Å². The van der Waals surface area contributed by atoms with Crippen LogP contribution in [0, 0.1) is 11.3 Å². The van der Waals surface area contributed by atoms with Gasteiger partial charge in [-0.15, -0.1) is 0 Å². The summed E-state index contributed by atoms with van der Waals surface area (Å²) in [5, 5.41) is 1.06. The van der Waals surface area contributed by atoms with E-state index in [-0.39, 0.29) is 36.7 Å². The molecule has 0 spiro atoms. The molecular weight excluding hydrogens is 356 g/mol. The van der Waals surface area contributed by atoms with Gasteiger partial charge in [0.2, 0.25) is 0 Å². The van der Waals surface area contributed by atoms with E-state index in [1.807, 2.05) is 31.2 Å². The number of Topliss-reactive ketones (excluding diaryl/α,β-unsaturated/α-hetero) is 1. The highest BCUT2D eigenvalue weighted by Gasteiger charge is 2.61. The molecule has 146 valence electrons. The zero-order valence-corrected chi connectivity index (χ0v) is 16.2. The molecule has 28 heavy (non-hydrogen) atoms. The Labute approximate surface area is 163 Å². The van der Waals surface area contributed by atoms with Crippen LogP contribution in [-0.2, 0) is 20.7 Å². The number of fused-ring (bicyclic) bond motifs is 3. The van der Waals surface area contributed by atoms with Crippen molar-refractivity contribution in [3.05, 3.63) is 47.2 Å². The molecule has 0 radical (unpaired) electrons. The number of carbonyl (C=O) groups is 2. The Morgan fingerprint density at radius 1 is 1.36 bits per heavy atom. The fraction of sp³-hybridized carbons (Fsp3) is 0.455. The molecule has 2 saturated heterocycles. The van der Waals surface area contributed by atoms with E-state index in [1.54, 1.807) is 0 Å². The van der Waals surface area contributed by atoms with Crippen LogP contribution in [0.5, 0.6) is 0 Å². The Balaban J connectivity index is 1.76. The van der Waals surface area contributed by atoms with Crippen molar-refractivity contribution in [1.82, 2.24) is 9.88 Å². The predicted molar refractivity (Wildman–Crippen MR) is 104 cm³/mol. The number of methoxy groups -OCH3 is 1. The SMILES string of the molecule is C/C=C1\CN2COCC3(C(=O)OC)C1CC(=O)c1[nH]c4ccccc4c1CC23. The van der Waals surface area contributed by atoms with Crippen molar-refractivity contribution in [2.24, 2.45) is 11.3 Å². The van der Waals surface area contributed by atoms with E-state index in [4.69, 9.17) is 9.47 Å². The summed E-state index contributed by atoms with van der Waals surface area (Å²) in [6.07, 6.45) is 2.96. The topological polar surface area (TPSA) is 71.6 Å². The number of ether oxygens (including phenoxy) is 2. The van der Waals surface area contributed by atoms with Gasteiger partial charge in [0.15, 0.2) is 5.78 Å². The van der Waals surface area contributed by atoms with E-state index in [9.17, 15) is 9.59 Å². The maximum Gasteiger partial charge on any atom is 0.316 e. The number of rotatable bonds is 1. The third kappa shape index (κ3) is 2.22. The first-order valence-electron chi connectivity index (χ1n) is 9.78. The minimum atomic E-state index is -0.862. The normalized spacial score (nSPS) is 33.3. The molecule has 4 atom stereocenters. The molecule has 3 heterocycles. The smallest absolute Gasteiger partial charge is 0.316 e. The minimum Gasteiger partial charge on any atom is -0.468 e. The van der Waals surface area contributed by atoms with Crippen LogP contribution in [0.2, 0.25) is 0 Å². The Bertz CT molecular complexity index is 1010. The summed E-state index contributed by atoms with van der Waals surface area (Å²) in [4.78, 5) is 32.1. The highest BCUT2D eigenvalue weighted by molar-refractivity contribution is 6.03. The summed E-state index contributed by atoms with van der Waals surface area (Å²) in [5.41, 5.74) is 2.92. The molecule has 2 aromatic rings. The number of piperidine rings is 1. The van der Waals surface area contributed by atoms with E-state index < -0.39 is 5.41 Å². The van der Waals surface area contributed by atoms with E-state index in [0.29, 0.717) is 18.8 Å². The molecule has 1 aromatic carbocycles. The summed E-state index contributed by atoms with van der Waals surface area (Å²) >= 11 is 0. The average molecular weight is 380 g/mol. The first-order valence-corrected chi connectivity index (χ1v) is 9.78. The molecule has 1 aliphatic carbocycles. The molecule has 4 bridgehead atoms. The van der Waals surface area contributed by atoms with Gasteiger partial charge in [0, 0.05) is 35.8 Å². The lowest BCUT2D eigenvalue weighted by molar-refractivity contribution is -0.197. The first-order chi connectivity index (χ1) is 13.6. The molecule has 4 unspecified atom stereocenters. The van der Waals surface area contributed by atoms with Crippen LogP contribution in [0.15, 0.2) is 35.9 Å². The van der Waals surface area contributed by atoms with E-state index >= 15 is 0 Å². The number of hydrogen-bond acceptors (Lipinski definition) is 5. The van der Waals surface area contributed by atoms with Crippen molar-refractivity contribution in [2.75, 3.05) is 27.0 Å². The number of para-hydroxylation sites is 1. The van der Waals surface area contributed by atoms with Crippen LogP contribution < -0.4 is 0 Å². The zero-order valence-electron chi connectivity index (χ0n) is 16.2. The molecule has 0 amide bonds. The van der Waals surface area contributed by atoms with Gasteiger partial charge in [0.05, 0.1) is 26.1 Å². The highest BCUT2D eigenvalue weighted by atomic mass is 16.5. The maximum atomic E-state index is 13.3. The molecule has 6 nitrogen and oxygen atoms in total. The second-order valence-corrected chi connectivity index (χ2v) is 8.04. The molecule has 2 fully saturated rings. The van der Waals surface area contributed by atoms with Crippen molar-refractivity contribution in [1.29, 1.82) is 0 Å². The standard InChI is InChI=1S/C22H24N2O4/c1-3-13-10-24-12-28-11-22(21(26)27-2)16(13)9-18(25)20-15(8-19(22)24)14-6-4-5-7-17(14)23-20/h3-7,16,19,23H,8-12H2,1-2H3/b13-3+. The van der Waals surface area contributed by atoms with Gasteiger partial charge in [0.25, 0.3) is 0 Å². The maximum absolute atomic E-state index is 13.3. The quantitative estimate of drug-likeness (QED) is 0.608. The Morgan fingerprint density at radius 2 is 2.18 bits per heavy atom. The predicted octanol–water partition coefficient (Wildman–Crippen LogP) is 2.69. The lowest BCUT2D eigenvalue weighted by Gasteiger charge is -2.56. The molecule has 6 heteroatoms. The lowest BCUT2D eigenvalue weighted by atomic mass is 9.59.